The van der Waals surface area contributed by atoms with E-state index >= 15 is 0 Å². The van der Waals surface area contributed by atoms with Gasteiger partial charge in [0.25, 0.3) is 0 Å². The predicted octanol–water partition coefficient (Wildman–Crippen LogP) is 2.39. The summed E-state index contributed by atoms with van der Waals surface area (Å²) in [7, 11) is -3.95. The van der Waals surface area contributed by atoms with E-state index in [1.165, 1.54) is 25.1 Å². The third-order valence-electron chi connectivity index (χ3n) is 6.63. The summed E-state index contributed by atoms with van der Waals surface area (Å²) in [4.78, 5) is 30.6. The zero-order chi connectivity index (χ0) is 25.3. The van der Waals surface area contributed by atoms with Crippen LogP contribution in [0.25, 0.3) is 0 Å². The molecule has 2 amide bonds. The van der Waals surface area contributed by atoms with Gasteiger partial charge >= 0.3 is 0 Å². The minimum absolute atomic E-state index is 0.0810. The molecule has 2 aliphatic heterocycles. The lowest BCUT2D eigenvalue weighted by molar-refractivity contribution is -0.134. The van der Waals surface area contributed by atoms with E-state index in [2.05, 4.69) is 9.62 Å². The fourth-order valence-corrected chi connectivity index (χ4v) is 6.00. The number of halogens is 1. The SMILES string of the molecule is CC(=O)N1CCc2cc(S(=O)(=O)NC(C(=O)N3CCN(c4ccc(F)cc4)CC3)C(C)C)ccc21. The minimum atomic E-state index is -3.95. The van der Waals surface area contributed by atoms with Crippen LogP contribution in [0.2, 0.25) is 0 Å². The van der Waals surface area contributed by atoms with Crippen LogP contribution in [-0.2, 0) is 26.0 Å². The molecule has 10 heteroatoms. The van der Waals surface area contributed by atoms with Crippen molar-refractivity contribution in [3.05, 3.63) is 53.8 Å². The largest absolute Gasteiger partial charge is 0.368 e. The first-order chi connectivity index (χ1) is 16.6. The first kappa shape index (κ1) is 25.1. The molecule has 188 valence electrons. The number of hydrogen-bond donors (Lipinski definition) is 1. The summed E-state index contributed by atoms with van der Waals surface area (Å²) >= 11 is 0. The second-order valence-corrected chi connectivity index (χ2v) is 11.1. The number of amides is 2. The Morgan fingerprint density at radius 1 is 0.971 bits per heavy atom. The average molecular weight is 503 g/mol. The Morgan fingerprint density at radius 2 is 1.63 bits per heavy atom. The number of piperazine rings is 1. The number of fused-ring (bicyclic) bond motifs is 1. The highest BCUT2D eigenvalue weighted by atomic mass is 32.2. The standard InChI is InChI=1S/C25H31FN4O4S/c1-17(2)24(25(32)29-14-12-28(13-15-29)21-6-4-20(26)5-7-21)27-35(33,34)22-8-9-23-19(16-22)10-11-30(23)18(3)31/h4-9,16-17,24,27H,10-15H2,1-3H3. The van der Waals surface area contributed by atoms with E-state index < -0.39 is 16.1 Å². The van der Waals surface area contributed by atoms with Gasteiger partial charge in [0.1, 0.15) is 11.9 Å². The summed E-state index contributed by atoms with van der Waals surface area (Å²) in [5, 5.41) is 0. The Morgan fingerprint density at radius 3 is 2.23 bits per heavy atom. The Bertz CT molecular complexity index is 1210. The number of hydrogen-bond acceptors (Lipinski definition) is 5. The van der Waals surface area contributed by atoms with Gasteiger partial charge in [-0.1, -0.05) is 13.8 Å². The Hall–Kier alpha value is -2.98. The molecule has 1 N–H and O–H groups in total. The molecule has 0 radical (unpaired) electrons. The molecule has 2 heterocycles. The van der Waals surface area contributed by atoms with Crippen LogP contribution < -0.4 is 14.5 Å². The second kappa shape index (κ2) is 9.94. The zero-order valence-corrected chi connectivity index (χ0v) is 21.0. The molecule has 0 spiro atoms. The van der Waals surface area contributed by atoms with Crippen LogP contribution in [-0.4, -0.2) is 63.9 Å². The number of benzene rings is 2. The number of carbonyl (C=O) groups is 2. The van der Waals surface area contributed by atoms with Gasteiger partial charge in [-0.25, -0.2) is 12.8 Å². The smallest absolute Gasteiger partial charge is 0.241 e. The summed E-state index contributed by atoms with van der Waals surface area (Å²) in [6, 6.07) is 10.1. The highest BCUT2D eigenvalue weighted by molar-refractivity contribution is 7.89. The van der Waals surface area contributed by atoms with E-state index in [9.17, 15) is 22.4 Å². The van der Waals surface area contributed by atoms with Crippen LogP contribution in [0.15, 0.2) is 47.4 Å². The topological polar surface area (TPSA) is 90.0 Å². The maximum absolute atomic E-state index is 13.3. The fourth-order valence-electron chi connectivity index (χ4n) is 4.61. The molecule has 0 aliphatic carbocycles. The van der Waals surface area contributed by atoms with E-state index in [0.717, 1.165) is 16.9 Å². The summed E-state index contributed by atoms with van der Waals surface area (Å²) in [6.07, 6.45) is 0.586. The molecule has 0 aromatic heterocycles. The molecule has 0 saturated carbocycles. The van der Waals surface area contributed by atoms with Crippen molar-refractivity contribution in [1.82, 2.24) is 9.62 Å². The van der Waals surface area contributed by atoms with Gasteiger partial charge in [0.05, 0.1) is 4.90 Å². The van der Waals surface area contributed by atoms with Crippen molar-refractivity contribution in [2.24, 2.45) is 5.92 Å². The van der Waals surface area contributed by atoms with Gasteiger partial charge in [-0.2, -0.15) is 4.72 Å². The lowest BCUT2D eigenvalue weighted by atomic mass is 10.0. The quantitative estimate of drug-likeness (QED) is 0.655. The molecular weight excluding hydrogens is 471 g/mol. The highest BCUT2D eigenvalue weighted by Crippen LogP contribution is 2.30. The van der Waals surface area contributed by atoms with Crippen LogP contribution in [0, 0.1) is 11.7 Å². The summed E-state index contributed by atoms with van der Waals surface area (Å²) < 4.78 is 42.3. The molecule has 4 rings (SSSR count). The fraction of sp³-hybridized carbons (Fsp3) is 0.440. The third-order valence-corrected chi connectivity index (χ3v) is 8.07. The van der Waals surface area contributed by atoms with Crippen LogP contribution in [0.4, 0.5) is 15.8 Å². The van der Waals surface area contributed by atoms with Crippen molar-refractivity contribution in [2.45, 2.75) is 38.1 Å². The first-order valence-electron chi connectivity index (χ1n) is 11.8. The molecule has 1 fully saturated rings. The van der Waals surface area contributed by atoms with Gasteiger partial charge in [0.15, 0.2) is 0 Å². The summed E-state index contributed by atoms with van der Waals surface area (Å²) in [5.41, 5.74) is 2.42. The first-order valence-corrected chi connectivity index (χ1v) is 13.3. The van der Waals surface area contributed by atoms with Gasteiger partial charge < -0.3 is 14.7 Å². The maximum atomic E-state index is 13.3. The highest BCUT2D eigenvalue weighted by Gasteiger charge is 2.34. The van der Waals surface area contributed by atoms with E-state index in [-0.39, 0.29) is 28.4 Å². The van der Waals surface area contributed by atoms with Crippen molar-refractivity contribution in [2.75, 3.05) is 42.5 Å². The monoisotopic (exact) mass is 502 g/mol. The lowest BCUT2D eigenvalue weighted by Crippen LogP contribution is -2.56. The van der Waals surface area contributed by atoms with Crippen molar-refractivity contribution in [1.29, 1.82) is 0 Å². The molecule has 2 aromatic carbocycles. The van der Waals surface area contributed by atoms with Crippen LogP contribution in [0.3, 0.4) is 0 Å². The molecule has 35 heavy (non-hydrogen) atoms. The Balaban J connectivity index is 1.45. The number of nitrogens with one attached hydrogen (secondary N) is 1. The molecule has 1 unspecified atom stereocenters. The number of carbonyl (C=O) groups excluding carboxylic acids is 2. The van der Waals surface area contributed by atoms with Crippen molar-refractivity contribution >= 4 is 33.2 Å². The lowest BCUT2D eigenvalue weighted by Gasteiger charge is -2.38. The Labute approximate surface area is 205 Å². The van der Waals surface area contributed by atoms with Crippen molar-refractivity contribution in [3.8, 4) is 0 Å². The zero-order valence-electron chi connectivity index (χ0n) is 20.2. The van der Waals surface area contributed by atoms with E-state index in [0.29, 0.717) is 39.1 Å². The minimum Gasteiger partial charge on any atom is -0.368 e. The van der Waals surface area contributed by atoms with Gasteiger partial charge in [-0.15, -0.1) is 0 Å². The summed E-state index contributed by atoms with van der Waals surface area (Å²) in [6.45, 7) is 7.68. The average Bonchev–Trinajstić information content (AvgIpc) is 3.26. The molecule has 0 bridgehead atoms. The van der Waals surface area contributed by atoms with Crippen LogP contribution in [0.5, 0.6) is 0 Å². The number of anilines is 2. The van der Waals surface area contributed by atoms with E-state index in [4.69, 9.17) is 0 Å². The molecule has 8 nitrogen and oxygen atoms in total. The van der Waals surface area contributed by atoms with Gasteiger partial charge in [-0.05, 0) is 60.4 Å². The van der Waals surface area contributed by atoms with Gasteiger partial charge in [0, 0.05) is 51.0 Å². The molecule has 1 atom stereocenters. The van der Waals surface area contributed by atoms with Crippen molar-refractivity contribution < 1.29 is 22.4 Å². The number of sulfonamides is 1. The van der Waals surface area contributed by atoms with Crippen LogP contribution in [0.1, 0.15) is 26.3 Å². The van der Waals surface area contributed by atoms with Crippen molar-refractivity contribution in [3.63, 3.8) is 0 Å². The van der Waals surface area contributed by atoms with Gasteiger partial charge in [0.2, 0.25) is 21.8 Å². The van der Waals surface area contributed by atoms with Crippen LogP contribution >= 0.6 is 0 Å². The molecular formula is C25H31FN4O4S. The Kier molecular flexibility index (Phi) is 7.14. The number of nitrogens with zero attached hydrogens (tertiary/aromatic N) is 3. The summed E-state index contributed by atoms with van der Waals surface area (Å²) in [5.74, 6) is -0.891. The molecule has 1 saturated heterocycles. The third kappa shape index (κ3) is 5.33. The van der Waals surface area contributed by atoms with Gasteiger partial charge in [-0.3, -0.25) is 9.59 Å². The predicted molar refractivity (Wildman–Crippen MR) is 132 cm³/mol. The normalized spacial score (nSPS) is 17.0. The second-order valence-electron chi connectivity index (χ2n) is 9.34. The number of rotatable bonds is 6. The van der Waals surface area contributed by atoms with E-state index in [1.54, 1.807) is 34.1 Å². The molecule has 2 aliphatic rings. The molecule has 2 aromatic rings. The maximum Gasteiger partial charge on any atom is 0.241 e. The van der Waals surface area contributed by atoms with E-state index in [1.807, 2.05) is 13.8 Å².